The maximum absolute atomic E-state index is 13.2. The zero-order valence-corrected chi connectivity index (χ0v) is 12.1. The van der Waals surface area contributed by atoms with Crippen molar-refractivity contribution in [2.24, 2.45) is 7.05 Å². The summed E-state index contributed by atoms with van der Waals surface area (Å²) in [4.78, 5) is 19.9. The third kappa shape index (κ3) is 2.89. The van der Waals surface area contributed by atoms with E-state index in [9.17, 15) is 13.6 Å². The van der Waals surface area contributed by atoms with Crippen LogP contribution in [0.4, 0.5) is 8.78 Å². The second kappa shape index (κ2) is 5.68. The van der Waals surface area contributed by atoms with Crippen LogP contribution in [0.25, 0.3) is 11.4 Å². The van der Waals surface area contributed by atoms with Crippen molar-refractivity contribution in [3.63, 3.8) is 0 Å². The van der Waals surface area contributed by atoms with Crippen molar-refractivity contribution in [1.29, 1.82) is 0 Å². The molecule has 6 nitrogen and oxygen atoms in total. The Morgan fingerprint density at radius 3 is 2.68 bits per heavy atom. The van der Waals surface area contributed by atoms with E-state index in [1.165, 1.54) is 17.0 Å². The summed E-state index contributed by atoms with van der Waals surface area (Å²) < 4.78 is 27.8. The predicted molar refractivity (Wildman–Crippen MR) is 75.3 cm³/mol. The number of nitrogens with one attached hydrogen (secondary N) is 1. The molecule has 0 atom stereocenters. The molecule has 3 aromatic rings. The van der Waals surface area contributed by atoms with Crippen molar-refractivity contribution in [2.75, 3.05) is 0 Å². The van der Waals surface area contributed by atoms with E-state index in [4.69, 9.17) is 0 Å². The van der Waals surface area contributed by atoms with Gasteiger partial charge in [-0.05, 0) is 23.9 Å². The summed E-state index contributed by atoms with van der Waals surface area (Å²) >= 11 is 0.967. The summed E-state index contributed by atoms with van der Waals surface area (Å²) in [6.07, 6.45) is 3.02. The van der Waals surface area contributed by atoms with Crippen molar-refractivity contribution in [3.05, 3.63) is 52.6 Å². The highest BCUT2D eigenvalue weighted by molar-refractivity contribution is 7.99. The van der Waals surface area contributed by atoms with Crippen molar-refractivity contribution < 1.29 is 8.78 Å². The molecule has 0 saturated carbocycles. The fourth-order valence-corrected chi connectivity index (χ4v) is 2.49. The number of H-pyrrole nitrogens is 1. The normalized spacial score (nSPS) is 10.9. The molecule has 3 rings (SSSR count). The molecule has 112 valence electrons. The van der Waals surface area contributed by atoms with Crippen LogP contribution in [0.2, 0.25) is 0 Å². The summed E-state index contributed by atoms with van der Waals surface area (Å²) in [5.41, 5.74) is -0.0542. The van der Waals surface area contributed by atoms with E-state index < -0.39 is 11.6 Å². The van der Waals surface area contributed by atoms with Gasteiger partial charge in [0.15, 0.2) is 10.9 Å². The van der Waals surface area contributed by atoms with Gasteiger partial charge in [-0.2, -0.15) is 0 Å². The van der Waals surface area contributed by atoms with Gasteiger partial charge in [-0.15, -0.1) is 5.10 Å². The zero-order chi connectivity index (χ0) is 15.7. The van der Waals surface area contributed by atoms with Crippen LogP contribution in [0, 0.1) is 11.6 Å². The molecule has 2 heterocycles. The summed E-state index contributed by atoms with van der Waals surface area (Å²) in [6, 6.07) is 3.04. The van der Waals surface area contributed by atoms with Gasteiger partial charge >= 0.3 is 0 Å². The molecule has 2 aromatic heterocycles. The molecule has 0 bridgehead atoms. The number of hydrogen-bond acceptors (Lipinski definition) is 5. The summed E-state index contributed by atoms with van der Waals surface area (Å²) in [5, 5.41) is 6.93. The first kappa shape index (κ1) is 14.4. The first-order chi connectivity index (χ1) is 10.5. The number of aryl methyl sites for hydroxylation is 1. The van der Waals surface area contributed by atoms with Crippen LogP contribution < -0.4 is 5.56 Å². The Balaban J connectivity index is 1.91. The van der Waals surface area contributed by atoms with Gasteiger partial charge in [0.05, 0.1) is 0 Å². The summed E-state index contributed by atoms with van der Waals surface area (Å²) in [6.45, 7) is 0. The van der Waals surface area contributed by atoms with Crippen molar-refractivity contribution in [1.82, 2.24) is 24.7 Å². The van der Waals surface area contributed by atoms with Gasteiger partial charge in [-0.3, -0.25) is 9.89 Å². The van der Waals surface area contributed by atoms with E-state index >= 15 is 0 Å². The minimum Gasteiger partial charge on any atom is -0.315 e. The topological polar surface area (TPSA) is 76.5 Å². The molecule has 0 saturated heterocycles. The van der Waals surface area contributed by atoms with E-state index in [2.05, 4.69) is 20.2 Å². The Hall–Kier alpha value is -2.55. The number of benzene rings is 1. The van der Waals surface area contributed by atoms with Crippen molar-refractivity contribution in [3.8, 4) is 11.4 Å². The van der Waals surface area contributed by atoms with Crippen LogP contribution >= 0.6 is 11.8 Å². The molecule has 1 aromatic carbocycles. The van der Waals surface area contributed by atoms with Gasteiger partial charge in [0.1, 0.15) is 11.6 Å². The van der Waals surface area contributed by atoms with E-state index in [0.717, 1.165) is 30.0 Å². The molecule has 0 aliphatic heterocycles. The molecule has 0 aliphatic carbocycles. The third-order valence-electron chi connectivity index (χ3n) is 2.77. The highest BCUT2D eigenvalue weighted by Crippen LogP contribution is 2.23. The molecule has 0 unspecified atom stereocenters. The minimum absolute atomic E-state index is 0.202. The van der Waals surface area contributed by atoms with Gasteiger partial charge in [-0.1, -0.05) is 0 Å². The largest absolute Gasteiger partial charge is 0.315 e. The van der Waals surface area contributed by atoms with Gasteiger partial charge in [0, 0.05) is 31.1 Å². The van der Waals surface area contributed by atoms with Crippen LogP contribution in [0.3, 0.4) is 0 Å². The van der Waals surface area contributed by atoms with E-state index in [1.54, 1.807) is 7.05 Å². The average molecular weight is 321 g/mol. The second-order valence-electron chi connectivity index (χ2n) is 4.38. The standard InChI is InChI=1S/C13H9F2N5OS/c1-20-3-2-16-11(12(20)21)22-13-17-10(18-19-13)7-4-8(14)6-9(15)5-7/h2-6H,1H3,(H,17,18,19). The van der Waals surface area contributed by atoms with E-state index in [1.807, 2.05) is 0 Å². The van der Waals surface area contributed by atoms with E-state index in [-0.39, 0.29) is 27.1 Å². The molecule has 0 amide bonds. The number of aromatic nitrogens is 5. The lowest BCUT2D eigenvalue weighted by molar-refractivity contribution is 0.584. The lowest BCUT2D eigenvalue weighted by Crippen LogP contribution is -2.18. The van der Waals surface area contributed by atoms with Gasteiger partial charge in [-0.25, -0.2) is 18.7 Å². The molecule has 22 heavy (non-hydrogen) atoms. The molecule has 9 heteroatoms. The molecular weight excluding hydrogens is 312 g/mol. The lowest BCUT2D eigenvalue weighted by atomic mass is 10.2. The second-order valence-corrected chi connectivity index (χ2v) is 5.33. The number of nitrogens with zero attached hydrogens (tertiary/aromatic N) is 4. The maximum Gasteiger partial charge on any atom is 0.283 e. The third-order valence-corrected chi connectivity index (χ3v) is 3.61. The van der Waals surface area contributed by atoms with Gasteiger partial charge in [0.2, 0.25) is 5.16 Å². The Labute approximate surface area is 127 Å². The minimum atomic E-state index is -0.709. The summed E-state index contributed by atoms with van der Waals surface area (Å²) in [5.74, 6) is -1.22. The van der Waals surface area contributed by atoms with Crippen molar-refractivity contribution >= 4 is 11.8 Å². The molecule has 0 fully saturated rings. The van der Waals surface area contributed by atoms with Crippen LogP contribution in [0.5, 0.6) is 0 Å². The fourth-order valence-electron chi connectivity index (χ4n) is 1.74. The highest BCUT2D eigenvalue weighted by Gasteiger charge is 2.12. The van der Waals surface area contributed by atoms with Gasteiger partial charge < -0.3 is 4.57 Å². The highest BCUT2D eigenvalue weighted by atomic mass is 32.2. The summed E-state index contributed by atoms with van der Waals surface area (Å²) in [7, 11) is 1.60. The first-order valence-corrected chi connectivity index (χ1v) is 6.93. The predicted octanol–water partition coefficient (Wildman–Crippen LogP) is 1.99. The molecule has 0 spiro atoms. The van der Waals surface area contributed by atoms with E-state index in [0.29, 0.717) is 0 Å². The van der Waals surface area contributed by atoms with Crippen LogP contribution in [0.15, 0.2) is 45.6 Å². The molecule has 0 radical (unpaired) electrons. The number of aromatic amines is 1. The Morgan fingerprint density at radius 2 is 1.95 bits per heavy atom. The lowest BCUT2D eigenvalue weighted by Gasteiger charge is -1.98. The monoisotopic (exact) mass is 321 g/mol. The molecule has 1 N–H and O–H groups in total. The average Bonchev–Trinajstić information content (AvgIpc) is 2.91. The Kier molecular flexibility index (Phi) is 3.72. The van der Waals surface area contributed by atoms with Crippen LogP contribution in [-0.2, 0) is 7.05 Å². The smallest absolute Gasteiger partial charge is 0.283 e. The van der Waals surface area contributed by atoms with Crippen LogP contribution in [0.1, 0.15) is 0 Å². The quantitative estimate of drug-likeness (QED) is 0.798. The molecular formula is C13H9F2N5OS. The Morgan fingerprint density at radius 1 is 1.23 bits per heavy atom. The number of rotatable bonds is 3. The number of hydrogen-bond donors (Lipinski definition) is 1. The van der Waals surface area contributed by atoms with Crippen molar-refractivity contribution in [2.45, 2.75) is 10.2 Å². The number of halogens is 2. The maximum atomic E-state index is 13.2. The van der Waals surface area contributed by atoms with Crippen LogP contribution in [-0.4, -0.2) is 24.7 Å². The van der Waals surface area contributed by atoms with Gasteiger partial charge in [0.25, 0.3) is 5.56 Å². The fraction of sp³-hybridized carbons (Fsp3) is 0.0769. The Bertz CT molecular complexity index is 872. The molecule has 0 aliphatic rings. The SMILES string of the molecule is Cn1ccnc(Sc2n[nH]c(-c3cc(F)cc(F)c3)n2)c1=O. The first-order valence-electron chi connectivity index (χ1n) is 6.11. The zero-order valence-electron chi connectivity index (χ0n) is 11.2.